The van der Waals surface area contributed by atoms with Crippen LogP contribution in [0.3, 0.4) is 0 Å². The molecule has 6 atom stereocenters. The molecule has 0 aliphatic heterocycles. The second-order valence-corrected chi connectivity index (χ2v) is 7.82. The van der Waals surface area contributed by atoms with Crippen LogP contribution in [0.4, 0.5) is 0 Å². The van der Waals surface area contributed by atoms with E-state index in [-0.39, 0.29) is 33.0 Å². The molecule has 0 aromatic heterocycles. The molecule has 1 fully saturated rings. The van der Waals surface area contributed by atoms with Crippen LogP contribution < -0.4 is 0 Å². The van der Waals surface area contributed by atoms with Gasteiger partial charge in [0.1, 0.15) is 0 Å². The topological polar surface area (TPSA) is 79.1 Å². The van der Waals surface area contributed by atoms with Gasteiger partial charge in [-0.15, -0.1) is 12.1 Å². The minimum absolute atomic E-state index is 0. The molecule has 1 aliphatic rings. The van der Waals surface area contributed by atoms with Gasteiger partial charge >= 0.3 is 20.1 Å². The summed E-state index contributed by atoms with van der Waals surface area (Å²) in [4.78, 5) is 0. The molecule has 3 nitrogen and oxygen atoms in total. The average molecular weight is 576 g/mol. The van der Waals surface area contributed by atoms with Crippen molar-refractivity contribution in [1.29, 1.82) is 0 Å². The number of nitrogens with one attached hydrogen (secondary N) is 2. The summed E-state index contributed by atoms with van der Waals surface area (Å²) in [6, 6.07) is 18.1. The largest absolute Gasteiger partial charge is 3.00 e. The molecular formula is C25H39IrN2O. The summed E-state index contributed by atoms with van der Waals surface area (Å²) in [5.74, 6) is 5.21. The van der Waals surface area contributed by atoms with Gasteiger partial charge in [0.15, 0.2) is 0 Å². The zero-order valence-electron chi connectivity index (χ0n) is 17.6. The van der Waals surface area contributed by atoms with Crippen molar-refractivity contribution in [1.82, 2.24) is 0 Å². The summed E-state index contributed by atoms with van der Waals surface area (Å²) in [7, 11) is 0. The molecule has 164 valence electrons. The maximum atomic E-state index is 8.07. The summed E-state index contributed by atoms with van der Waals surface area (Å²) in [5, 5.41) is 0. The molecule has 0 bridgehead atoms. The van der Waals surface area contributed by atoms with Gasteiger partial charge in [-0.1, -0.05) is 119 Å². The number of hydrogen-bond donors (Lipinski definition) is 0. The van der Waals surface area contributed by atoms with Crippen LogP contribution in [0.25, 0.3) is 11.5 Å². The number of benzene rings is 2. The second kappa shape index (κ2) is 14.1. The average Bonchev–Trinajstić information content (AvgIpc) is 2.86. The maximum Gasteiger partial charge on any atom is 3.00 e. The Hall–Kier alpha value is -1.03. The molecule has 2 aromatic rings. The fraction of sp³-hybridized carbons (Fsp3) is 0.480. The Kier molecular flexibility index (Phi) is 14.6. The Morgan fingerprint density at radius 1 is 0.690 bits per heavy atom. The predicted molar refractivity (Wildman–Crippen MR) is 123 cm³/mol. The number of rotatable bonds is 3. The quantitative estimate of drug-likeness (QED) is 0.339. The molecule has 4 N–H and O–H groups in total. The molecule has 0 radical (unpaired) electrons. The van der Waals surface area contributed by atoms with E-state index in [1.54, 1.807) is 5.92 Å². The molecule has 29 heavy (non-hydrogen) atoms. The van der Waals surface area contributed by atoms with Crippen LogP contribution in [-0.2, 0) is 20.1 Å². The zero-order chi connectivity index (χ0) is 19.3. The van der Waals surface area contributed by atoms with Gasteiger partial charge in [0.2, 0.25) is 0 Å². The van der Waals surface area contributed by atoms with Crippen molar-refractivity contribution in [2.45, 2.75) is 54.1 Å². The molecule has 1 saturated carbocycles. The van der Waals surface area contributed by atoms with Crippen molar-refractivity contribution in [3.63, 3.8) is 0 Å². The van der Waals surface area contributed by atoms with Crippen LogP contribution in [0, 0.1) is 29.6 Å². The SMILES string of the molecule is C.C[C-]1C(C)C(C)C(C)C1C.O.[Ir+3].[NH-]C(c1ccccc1)[C@H]([NH-])c1ccccc1. The Morgan fingerprint density at radius 2 is 0.966 bits per heavy atom. The predicted octanol–water partition coefficient (Wildman–Crippen LogP) is 7.52. The van der Waals surface area contributed by atoms with Crippen molar-refractivity contribution < 1.29 is 25.6 Å². The van der Waals surface area contributed by atoms with Crippen LogP contribution in [0.2, 0.25) is 0 Å². The van der Waals surface area contributed by atoms with E-state index in [9.17, 15) is 0 Å². The van der Waals surface area contributed by atoms with E-state index in [1.807, 2.05) is 60.7 Å². The molecule has 0 spiro atoms. The summed E-state index contributed by atoms with van der Waals surface area (Å²) in [5.41, 5.74) is 17.9. The van der Waals surface area contributed by atoms with Gasteiger partial charge in [0.25, 0.3) is 0 Å². The van der Waals surface area contributed by atoms with E-state index in [1.165, 1.54) is 0 Å². The Morgan fingerprint density at radius 3 is 1.17 bits per heavy atom. The second-order valence-electron chi connectivity index (χ2n) is 7.82. The van der Waals surface area contributed by atoms with Crippen molar-refractivity contribution in [2.75, 3.05) is 0 Å². The van der Waals surface area contributed by atoms with Crippen molar-refractivity contribution >= 4 is 0 Å². The third-order valence-corrected chi connectivity index (χ3v) is 6.49. The fourth-order valence-electron chi connectivity index (χ4n) is 3.86. The van der Waals surface area contributed by atoms with Gasteiger partial charge in [-0.3, -0.25) is 0 Å². The first-order valence-corrected chi connectivity index (χ1v) is 9.70. The third kappa shape index (κ3) is 7.62. The molecule has 0 heterocycles. The van der Waals surface area contributed by atoms with E-state index >= 15 is 0 Å². The van der Waals surface area contributed by atoms with E-state index in [4.69, 9.17) is 11.5 Å². The fourth-order valence-corrected chi connectivity index (χ4v) is 3.86. The van der Waals surface area contributed by atoms with E-state index in [2.05, 4.69) is 34.6 Å². The molecular weight excluding hydrogens is 537 g/mol. The van der Waals surface area contributed by atoms with Crippen LogP contribution in [0.5, 0.6) is 0 Å². The normalized spacial score (nSPS) is 25.2. The Balaban J connectivity index is 0. The van der Waals surface area contributed by atoms with Crippen molar-refractivity contribution in [3.8, 4) is 0 Å². The molecule has 1 aliphatic carbocycles. The van der Waals surface area contributed by atoms with Gasteiger partial charge < -0.3 is 22.9 Å². The summed E-state index contributed by atoms with van der Waals surface area (Å²) < 4.78 is 0. The van der Waals surface area contributed by atoms with E-state index in [0.29, 0.717) is 0 Å². The summed E-state index contributed by atoms with van der Waals surface area (Å²) in [6.45, 7) is 11.8. The molecule has 4 heteroatoms. The zero-order valence-corrected chi connectivity index (χ0v) is 20.0. The first-order valence-electron chi connectivity index (χ1n) is 9.70. The first-order chi connectivity index (χ1) is 12.3. The van der Waals surface area contributed by atoms with E-state index in [0.717, 1.165) is 34.8 Å². The Bertz CT molecular complexity index is 564. The van der Waals surface area contributed by atoms with Crippen molar-refractivity contribution in [2.24, 2.45) is 23.7 Å². The van der Waals surface area contributed by atoms with Gasteiger partial charge in [-0.05, 0) is 0 Å². The maximum absolute atomic E-state index is 8.07. The smallest absolute Gasteiger partial charge is 0.672 e. The van der Waals surface area contributed by atoms with Crippen LogP contribution in [-0.4, -0.2) is 5.48 Å². The van der Waals surface area contributed by atoms with Crippen LogP contribution in [0.15, 0.2) is 60.7 Å². The van der Waals surface area contributed by atoms with Gasteiger partial charge in [-0.25, -0.2) is 0 Å². The molecule has 0 saturated heterocycles. The van der Waals surface area contributed by atoms with Crippen LogP contribution in [0.1, 0.15) is 65.3 Å². The van der Waals surface area contributed by atoms with E-state index < -0.39 is 12.1 Å². The molecule has 5 unspecified atom stereocenters. The monoisotopic (exact) mass is 576 g/mol. The van der Waals surface area contributed by atoms with Gasteiger partial charge in [-0.2, -0.15) is 18.8 Å². The minimum Gasteiger partial charge on any atom is -0.672 e. The third-order valence-electron chi connectivity index (χ3n) is 6.49. The first kappa shape index (κ1) is 30.2. The van der Waals surface area contributed by atoms with Gasteiger partial charge in [0.05, 0.1) is 0 Å². The summed E-state index contributed by atoms with van der Waals surface area (Å²) in [6.07, 6.45) is 0. The van der Waals surface area contributed by atoms with Crippen molar-refractivity contribution in [3.05, 3.63) is 89.2 Å². The number of hydrogen-bond acceptors (Lipinski definition) is 0. The Labute approximate surface area is 192 Å². The summed E-state index contributed by atoms with van der Waals surface area (Å²) >= 11 is 0. The standard InChI is InChI=1S/C14H14N2.C10H19.CH4.Ir.H2O/c15-13(11-7-3-1-4-8-11)14(16)12-9-5-2-6-10-12;1-6-7(2)9(4)10(5)8(6)3;;;/h1-10,13-16H;6-9H,1-5H3;1H4;;1H2/q-2;-1;;+3;/t13-,14?;;;;/m1..../s1. The molecule has 3 rings (SSSR count). The molecule has 0 amide bonds. The molecule has 2 aromatic carbocycles. The van der Waals surface area contributed by atoms with Gasteiger partial charge in [0, 0.05) is 0 Å². The minimum atomic E-state index is -0.524. The van der Waals surface area contributed by atoms with Crippen LogP contribution >= 0.6 is 0 Å².